The van der Waals surface area contributed by atoms with Crippen LogP contribution in [0.1, 0.15) is 44.7 Å². The molecule has 1 atom stereocenters. The summed E-state index contributed by atoms with van der Waals surface area (Å²) >= 11 is 5.95. The molecule has 4 nitrogen and oxygen atoms in total. The first-order valence-corrected chi connectivity index (χ1v) is 10.1. The maximum atomic E-state index is 13.6. The van der Waals surface area contributed by atoms with E-state index < -0.39 is 0 Å². The Hall–Kier alpha value is -2.40. The highest BCUT2D eigenvalue weighted by Gasteiger charge is 2.28. The van der Waals surface area contributed by atoms with Gasteiger partial charge in [0.15, 0.2) is 6.10 Å². The molecule has 0 fully saturated rings. The van der Waals surface area contributed by atoms with E-state index in [1.165, 1.54) is 12.1 Å². The molecule has 2 aromatic carbocycles. The lowest BCUT2D eigenvalue weighted by atomic mass is 9.91. The standard InChI is InChI=1S/C23H26ClFN2O2/c1-23(2,3)13-22(28)27(14-16-5-4-6-19(25)11-16)15-20-12-21(26-29-20)17-7-9-18(24)10-8-17/h4-11,20H,12-15H2,1-3H3/t20-/m0/s1. The molecule has 0 aliphatic carbocycles. The van der Waals surface area contributed by atoms with Crippen LogP contribution in [0.3, 0.4) is 0 Å². The predicted molar refractivity (Wildman–Crippen MR) is 113 cm³/mol. The van der Waals surface area contributed by atoms with E-state index in [9.17, 15) is 9.18 Å². The van der Waals surface area contributed by atoms with Crippen molar-refractivity contribution in [2.45, 2.75) is 46.3 Å². The molecule has 29 heavy (non-hydrogen) atoms. The lowest BCUT2D eigenvalue weighted by molar-refractivity contribution is -0.135. The summed E-state index contributed by atoms with van der Waals surface area (Å²) in [5.74, 6) is -0.290. The quantitative estimate of drug-likeness (QED) is 0.629. The molecular formula is C23H26ClFN2O2. The zero-order valence-electron chi connectivity index (χ0n) is 17.0. The van der Waals surface area contributed by atoms with E-state index in [0.29, 0.717) is 31.0 Å². The first kappa shape index (κ1) is 21.3. The van der Waals surface area contributed by atoms with Crippen LogP contribution in [-0.2, 0) is 16.2 Å². The second-order valence-electron chi connectivity index (χ2n) is 8.62. The van der Waals surface area contributed by atoms with Gasteiger partial charge in [0.2, 0.25) is 5.91 Å². The minimum atomic E-state index is -0.309. The van der Waals surface area contributed by atoms with Crippen molar-refractivity contribution in [3.63, 3.8) is 0 Å². The van der Waals surface area contributed by atoms with E-state index in [1.807, 2.05) is 51.1 Å². The Morgan fingerprint density at radius 3 is 2.62 bits per heavy atom. The third kappa shape index (κ3) is 6.29. The summed E-state index contributed by atoms with van der Waals surface area (Å²) in [7, 11) is 0. The molecule has 0 bridgehead atoms. The molecule has 1 aliphatic rings. The van der Waals surface area contributed by atoms with Crippen molar-refractivity contribution >= 4 is 23.2 Å². The molecule has 6 heteroatoms. The molecule has 0 N–H and O–H groups in total. The molecule has 1 heterocycles. The zero-order valence-corrected chi connectivity index (χ0v) is 17.7. The number of hydrogen-bond acceptors (Lipinski definition) is 3. The van der Waals surface area contributed by atoms with E-state index in [-0.39, 0.29) is 23.2 Å². The number of nitrogens with zero attached hydrogens (tertiary/aromatic N) is 2. The largest absolute Gasteiger partial charge is 0.390 e. The number of rotatable bonds is 6. The van der Waals surface area contributed by atoms with Crippen LogP contribution in [0.4, 0.5) is 4.39 Å². The summed E-state index contributed by atoms with van der Waals surface area (Å²) in [6.45, 7) is 6.81. The van der Waals surface area contributed by atoms with Crippen LogP contribution in [0.15, 0.2) is 53.7 Å². The second kappa shape index (κ2) is 8.95. The topological polar surface area (TPSA) is 41.9 Å². The Balaban J connectivity index is 1.69. The summed E-state index contributed by atoms with van der Waals surface area (Å²) in [5.41, 5.74) is 2.40. The Morgan fingerprint density at radius 1 is 1.24 bits per heavy atom. The Labute approximate surface area is 176 Å². The van der Waals surface area contributed by atoms with Gasteiger partial charge >= 0.3 is 0 Å². The molecule has 0 unspecified atom stereocenters. The molecule has 1 aliphatic heterocycles. The number of amides is 1. The van der Waals surface area contributed by atoms with Crippen LogP contribution in [-0.4, -0.2) is 29.2 Å². The maximum absolute atomic E-state index is 13.6. The van der Waals surface area contributed by atoms with E-state index in [0.717, 1.165) is 16.8 Å². The number of oxime groups is 1. The lowest BCUT2D eigenvalue weighted by Gasteiger charge is -2.28. The molecule has 0 spiro atoms. The second-order valence-corrected chi connectivity index (χ2v) is 9.05. The molecule has 154 valence electrons. The van der Waals surface area contributed by atoms with E-state index in [4.69, 9.17) is 16.4 Å². The summed E-state index contributed by atoms with van der Waals surface area (Å²) in [6, 6.07) is 13.8. The highest BCUT2D eigenvalue weighted by Crippen LogP contribution is 2.24. The summed E-state index contributed by atoms with van der Waals surface area (Å²) in [4.78, 5) is 20.3. The average Bonchev–Trinajstić information content (AvgIpc) is 3.09. The van der Waals surface area contributed by atoms with Gasteiger partial charge < -0.3 is 9.74 Å². The Kier molecular flexibility index (Phi) is 6.58. The normalized spacial score (nSPS) is 16.3. The molecule has 2 aromatic rings. The van der Waals surface area contributed by atoms with Crippen molar-refractivity contribution in [2.24, 2.45) is 10.6 Å². The smallest absolute Gasteiger partial charge is 0.223 e. The Bertz CT molecular complexity index is 890. The molecular weight excluding hydrogens is 391 g/mol. The third-order valence-corrected chi connectivity index (χ3v) is 4.88. The maximum Gasteiger partial charge on any atom is 0.223 e. The lowest BCUT2D eigenvalue weighted by Crippen LogP contribution is -2.38. The van der Waals surface area contributed by atoms with E-state index >= 15 is 0 Å². The van der Waals surface area contributed by atoms with Crippen molar-refractivity contribution in [1.29, 1.82) is 0 Å². The average molecular weight is 417 g/mol. The van der Waals surface area contributed by atoms with Gasteiger partial charge in [-0.2, -0.15) is 0 Å². The minimum Gasteiger partial charge on any atom is -0.390 e. The fourth-order valence-electron chi connectivity index (χ4n) is 3.26. The molecule has 0 aromatic heterocycles. The van der Waals surface area contributed by atoms with Gasteiger partial charge in [0.25, 0.3) is 0 Å². The van der Waals surface area contributed by atoms with Gasteiger partial charge in [-0.1, -0.05) is 61.8 Å². The van der Waals surface area contributed by atoms with Gasteiger partial charge in [0.1, 0.15) is 5.82 Å². The predicted octanol–water partition coefficient (Wildman–Crippen LogP) is 5.44. The van der Waals surface area contributed by atoms with E-state index in [2.05, 4.69) is 5.16 Å². The number of hydrogen-bond donors (Lipinski definition) is 0. The van der Waals surface area contributed by atoms with Gasteiger partial charge in [0, 0.05) is 24.4 Å². The minimum absolute atomic E-state index is 0.0188. The number of carbonyl (C=O) groups excluding carboxylic acids is 1. The summed E-state index contributed by atoms with van der Waals surface area (Å²) < 4.78 is 13.6. The zero-order chi connectivity index (χ0) is 21.0. The Morgan fingerprint density at radius 2 is 1.97 bits per heavy atom. The van der Waals surface area contributed by atoms with Crippen LogP contribution in [0.5, 0.6) is 0 Å². The number of benzene rings is 2. The first-order valence-electron chi connectivity index (χ1n) is 9.70. The van der Waals surface area contributed by atoms with Crippen molar-refractivity contribution in [2.75, 3.05) is 6.54 Å². The third-order valence-electron chi connectivity index (χ3n) is 4.63. The van der Waals surface area contributed by atoms with Gasteiger partial charge in [-0.05, 0) is 40.8 Å². The van der Waals surface area contributed by atoms with Crippen LogP contribution in [0, 0.1) is 11.2 Å². The van der Waals surface area contributed by atoms with Gasteiger partial charge in [-0.3, -0.25) is 4.79 Å². The number of halogens is 2. The van der Waals surface area contributed by atoms with Gasteiger partial charge in [-0.15, -0.1) is 0 Å². The molecule has 3 rings (SSSR count). The monoisotopic (exact) mass is 416 g/mol. The summed E-state index contributed by atoms with van der Waals surface area (Å²) in [6.07, 6.45) is 0.766. The van der Waals surface area contributed by atoms with Crippen molar-refractivity contribution in [3.05, 3.63) is 70.5 Å². The van der Waals surface area contributed by atoms with Gasteiger partial charge in [0.05, 0.1) is 12.3 Å². The van der Waals surface area contributed by atoms with Crippen molar-refractivity contribution < 1.29 is 14.0 Å². The van der Waals surface area contributed by atoms with Crippen LogP contribution < -0.4 is 0 Å². The highest BCUT2D eigenvalue weighted by molar-refractivity contribution is 6.30. The molecule has 0 saturated carbocycles. The number of carbonyl (C=O) groups is 1. The highest BCUT2D eigenvalue weighted by atomic mass is 35.5. The van der Waals surface area contributed by atoms with Crippen LogP contribution in [0.25, 0.3) is 0 Å². The van der Waals surface area contributed by atoms with Crippen LogP contribution >= 0.6 is 11.6 Å². The SMILES string of the molecule is CC(C)(C)CC(=O)N(Cc1cccc(F)c1)C[C@@H]1CC(c2ccc(Cl)cc2)=NO1. The van der Waals surface area contributed by atoms with Crippen molar-refractivity contribution in [3.8, 4) is 0 Å². The van der Waals surface area contributed by atoms with E-state index in [1.54, 1.807) is 11.0 Å². The van der Waals surface area contributed by atoms with Crippen molar-refractivity contribution in [1.82, 2.24) is 4.90 Å². The molecule has 1 amide bonds. The fourth-order valence-corrected chi connectivity index (χ4v) is 3.39. The molecule has 0 saturated heterocycles. The molecule has 0 radical (unpaired) electrons. The summed E-state index contributed by atoms with van der Waals surface area (Å²) in [5, 5.41) is 4.87. The van der Waals surface area contributed by atoms with Gasteiger partial charge in [-0.25, -0.2) is 4.39 Å². The first-order chi connectivity index (χ1) is 13.7. The van der Waals surface area contributed by atoms with Crippen LogP contribution in [0.2, 0.25) is 5.02 Å². The fraction of sp³-hybridized carbons (Fsp3) is 0.391.